The van der Waals surface area contributed by atoms with Crippen LogP contribution in [0.15, 0.2) is 0 Å². The van der Waals surface area contributed by atoms with Gasteiger partial charge in [-0.1, -0.05) is 0 Å². The van der Waals surface area contributed by atoms with E-state index in [1.165, 1.54) is 7.11 Å². The predicted octanol–water partition coefficient (Wildman–Crippen LogP) is -2.57. The Morgan fingerprint density at radius 3 is 2.38 bits per heavy atom. The SMILES string of the molecule is CO[C@H]1O[C@H]([C@H](O)CO)[C@H](O)[C@@H]1O. The number of aliphatic hydroxyl groups is 4. The monoisotopic (exact) mass is 194 g/mol. The first kappa shape index (κ1) is 10.8. The minimum Gasteiger partial charge on any atom is -0.394 e. The molecule has 1 saturated heterocycles. The van der Waals surface area contributed by atoms with Gasteiger partial charge in [0.15, 0.2) is 6.29 Å². The van der Waals surface area contributed by atoms with Crippen molar-refractivity contribution in [1.82, 2.24) is 0 Å². The van der Waals surface area contributed by atoms with Crippen LogP contribution in [0.5, 0.6) is 0 Å². The highest BCUT2D eigenvalue weighted by atomic mass is 16.7. The van der Waals surface area contributed by atoms with Crippen LogP contribution in [0.1, 0.15) is 0 Å². The van der Waals surface area contributed by atoms with Crippen molar-refractivity contribution in [2.75, 3.05) is 13.7 Å². The van der Waals surface area contributed by atoms with Gasteiger partial charge >= 0.3 is 0 Å². The van der Waals surface area contributed by atoms with Gasteiger partial charge in [-0.25, -0.2) is 0 Å². The largest absolute Gasteiger partial charge is 0.394 e. The van der Waals surface area contributed by atoms with Gasteiger partial charge in [0.1, 0.15) is 24.4 Å². The highest BCUT2D eigenvalue weighted by Gasteiger charge is 2.45. The molecule has 6 heteroatoms. The molecule has 0 spiro atoms. The molecule has 78 valence electrons. The zero-order chi connectivity index (χ0) is 10.0. The molecule has 0 saturated carbocycles. The van der Waals surface area contributed by atoms with E-state index in [9.17, 15) is 10.2 Å². The molecule has 1 fully saturated rings. The minimum atomic E-state index is -1.24. The van der Waals surface area contributed by atoms with Gasteiger partial charge in [-0.15, -0.1) is 0 Å². The van der Waals surface area contributed by atoms with Crippen molar-refractivity contribution in [2.45, 2.75) is 30.7 Å². The molecule has 0 bridgehead atoms. The molecule has 5 atom stereocenters. The van der Waals surface area contributed by atoms with Crippen LogP contribution in [0.2, 0.25) is 0 Å². The quantitative estimate of drug-likeness (QED) is 0.394. The van der Waals surface area contributed by atoms with Crippen LogP contribution in [-0.2, 0) is 9.47 Å². The number of aliphatic hydroxyl groups excluding tert-OH is 4. The van der Waals surface area contributed by atoms with Crippen molar-refractivity contribution < 1.29 is 29.9 Å². The molecule has 13 heavy (non-hydrogen) atoms. The number of ether oxygens (including phenoxy) is 2. The normalized spacial score (nSPS) is 42.2. The first-order valence-electron chi connectivity index (χ1n) is 3.95. The van der Waals surface area contributed by atoms with E-state index in [-0.39, 0.29) is 0 Å². The van der Waals surface area contributed by atoms with Crippen molar-refractivity contribution in [3.8, 4) is 0 Å². The van der Waals surface area contributed by atoms with Crippen LogP contribution >= 0.6 is 0 Å². The van der Waals surface area contributed by atoms with Crippen LogP contribution in [0.4, 0.5) is 0 Å². The molecule has 1 aliphatic rings. The maximum absolute atomic E-state index is 9.33. The first-order chi connectivity index (χ1) is 6.11. The third-order valence-electron chi connectivity index (χ3n) is 2.06. The summed E-state index contributed by atoms with van der Waals surface area (Å²) in [6.45, 7) is -0.537. The van der Waals surface area contributed by atoms with E-state index < -0.39 is 37.3 Å². The second kappa shape index (κ2) is 4.32. The van der Waals surface area contributed by atoms with E-state index in [1.807, 2.05) is 0 Å². The summed E-state index contributed by atoms with van der Waals surface area (Å²) in [6, 6.07) is 0. The van der Waals surface area contributed by atoms with E-state index in [1.54, 1.807) is 0 Å². The number of rotatable bonds is 3. The molecule has 1 aliphatic heterocycles. The lowest BCUT2D eigenvalue weighted by atomic mass is 10.1. The zero-order valence-corrected chi connectivity index (χ0v) is 7.20. The van der Waals surface area contributed by atoms with Gasteiger partial charge in [0.05, 0.1) is 6.61 Å². The van der Waals surface area contributed by atoms with E-state index in [0.717, 1.165) is 0 Å². The van der Waals surface area contributed by atoms with Crippen molar-refractivity contribution in [1.29, 1.82) is 0 Å². The van der Waals surface area contributed by atoms with Gasteiger partial charge < -0.3 is 29.9 Å². The van der Waals surface area contributed by atoms with Gasteiger partial charge in [0.2, 0.25) is 0 Å². The smallest absolute Gasteiger partial charge is 0.186 e. The Morgan fingerprint density at radius 1 is 1.38 bits per heavy atom. The fourth-order valence-electron chi connectivity index (χ4n) is 1.29. The molecule has 0 aromatic rings. The van der Waals surface area contributed by atoms with Crippen LogP contribution < -0.4 is 0 Å². The summed E-state index contributed by atoms with van der Waals surface area (Å²) in [7, 11) is 1.31. The van der Waals surface area contributed by atoms with Gasteiger partial charge in [-0.05, 0) is 0 Å². The summed E-state index contributed by atoms with van der Waals surface area (Å²) in [5, 5.41) is 36.4. The van der Waals surface area contributed by atoms with Crippen LogP contribution in [0, 0.1) is 0 Å². The van der Waals surface area contributed by atoms with Crippen molar-refractivity contribution in [2.24, 2.45) is 0 Å². The summed E-state index contributed by atoms with van der Waals surface area (Å²) >= 11 is 0. The lowest BCUT2D eigenvalue weighted by molar-refractivity contribution is -0.166. The van der Waals surface area contributed by atoms with Gasteiger partial charge in [-0.2, -0.15) is 0 Å². The van der Waals surface area contributed by atoms with Gasteiger partial charge in [-0.3, -0.25) is 0 Å². The Bertz CT molecular complexity index is 163. The lowest BCUT2D eigenvalue weighted by Crippen LogP contribution is -2.40. The maximum atomic E-state index is 9.33. The summed E-state index contributed by atoms with van der Waals surface area (Å²) in [5.41, 5.74) is 0. The fraction of sp³-hybridized carbons (Fsp3) is 1.00. The topological polar surface area (TPSA) is 99.4 Å². The molecule has 0 unspecified atom stereocenters. The maximum Gasteiger partial charge on any atom is 0.186 e. The van der Waals surface area contributed by atoms with Crippen molar-refractivity contribution in [3.05, 3.63) is 0 Å². The second-order valence-electron chi connectivity index (χ2n) is 2.94. The number of methoxy groups -OCH3 is 1. The minimum absolute atomic E-state index is 0.537. The Hall–Kier alpha value is -0.240. The van der Waals surface area contributed by atoms with E-state index in [2.05, 4.69) is 0 Å². The van der Waals surface area contributed by atoms with E-state index in [4.69, 9.17) is 19.7 Å². The molecule has 0 amide bonds. The second-order valence-corrected chi connectivity index (χ2v) is 2.94. The summed E-state index contributed by atoms with van der Waals surface area (Å²) in [6.07, 6.45) is -5.63. The molecule has 1 rings (SSSR count). The third-order valence-corrected chi connectivity index (χ3v) is 2.06. The third kappa shape index (κ3) is 1.98. The number of hydrogen-bond donors (Lipinski definition) is 4. The average Bonchev–Trinajstić information content (AvgIpc) is 2.43. The Morgan fingerprint density at radius 2 is 2.00 bits per heavy atom. The highest BCUT2D eigenvalue weighted by molar-refractivity contribution is 4.90. The fourth-order valence-corrected chi connectivity index (χ4v) is 1.29. The standard InChI is InChI=1S/C7H14O6/c1-12-7-5(11)4(10)6(13-7)3(9)2-8/h3-11H,2H2,1H3/t3-,4-,5+,6-,7+/m1/s1. The molecule has 4 N–H and O–H groups in total. The van der Waals surface area contributed by atoms with Crippen LogP contribution in [0.3, 0.4) is 0 Å². The molecular weight excluding hydrogens is 180 g/mol. The molecular formula is C7H14O6. The molecule has 6 nitrogen and oxygen atoms in total. The van der Waals surface area contributed by atoms with Gasteiger partial charge in [0.25, 0.3) is 0 Å². The van der Waals surface area contributed by atoms with Crippen LogP contribution in [0.25, 0.3) is 0 Å². The van der Waals surface area contributed by atoms with Gasteiger partial charge in [0, 0.05) is 7.11 Å². The Kier molecular flexibility index (Phi) is 3.60. The zero-order valence-electron chi connectivity index (χ0n) is 7.20. The molecule has 0 radical (unpaired) electrons. The Labute approximate surface area is 75.3 Å². The summed E-state index contributed by atoms with van der Waals surface area (Å²) in [5.74, 6) is 0. The molecule has 0 aliphatic carbocycles. The summed E-state index contributed by atoms with van der Waals surface area (Å²) < 4.78 is 9.65. The molecule has 0 aromatic carbocycles. The predicted molar refractivity (Wildman–Crippen MR) is 40.8 cm³/mol. The highest BCUT2D eigenvalue weighted by Crippen LogP contribution is 2.23. The van der Waals surface area contributed by atoms with Crippen molar-refractivity contribution in [3.63, 3.8) is 0 Å². The first-order valence-corrected chi connectivity index (χ1v) is 3.95. The molecule has 0 aromatic heterocycles. The van der Waals surface area contributed by atoms with E-state index >= 15 is 0 Å². The van der Waals surface area contributed by atoms with Crippen molar-refractivity contribution >= 4 is 0 Å². The molecule has 1 heterocycles. The van der Waals surface area contributed by atoms with E-state index in [0.29, 0.717) is 0 Å². The number of hydrogen-bond acceptors (Lipinski definition) is 6. The lowest BCUT2D eigenvalue weighted by Gasteiger charge is -2.18. The summed E-state index contributed by atoms with van der Waals surface area (Å²) in [4.78, 5) is 0. The van der Waals surface area contributed by atoms with Crippen LogP contribution in [-0.4, -0.2) is 64.8 Å². The average molecular weight is 194 g/mol. The Balaban J connectivity index is 2.60.